The lowest BCUT2D eigenvalue weighted by Gasteiger charge is -2.45. The molecule has 6 atom stereocenters. The zero-order valence-electron chi connectivity index (χ0n) is 11.7. The van der Waals surface area contributed by atoms with Gasteiger partial charge in [0.15, 0.2) is 0 Å². The predicted octanol–water partition coefficient (Wildman–Crippen LogP) is 3.82. The van der Waals surface area contributed by atoms with Crippen LogP contribution in [0.15, 0.2) is 48.6 Å². The molecule has 1 aromatic carbocycles. The Kier molecular flexibility index (Phi) is 1.75. The summed E-state index contributed by atoms with van der Waals surface area (Å²) in [5, 5.41) is 0. The molecular formula is C19H16N2. The van der Waals surface area contributed by atoms with Gasteiger partial charge in [0, 0.05) is 11.8 Å². The van der Waals surface area contributed by atoms with Gasteiger partial charge in [0.2, 0.25) is 0 Å². The first-order chi connectivity index (χ1) is 10.4. The summed E-state index contributed by atoms with van der Waals surface area (Å²) < 4.78 is 0. The summed E-state index contributed by atoms with van der Waals surface area (Å²) in [7, 11) is 0. The van der Waals surface area contributed by atoms with E-state index in [2.05, 4.69) is 48.6 Å². The molecule has 1 aromatic heterocycles. The second-order valence-corrected chi connectivity index (χ2v) is 7.02. The summed E-state index contributed by atoms with van der Waals surface area (Å²) in [4.78, 5) is 10.0. The maximum atomic E-state index is 5.00. The van der Waals surface area contributed by atoms with E-state index < -0.39 is 0 Å². The molecule has 1 saturated carbocycles. The van der Waals surface area contributed by atoms with Crippen LogP contribution in [0.4, 0.5) is 0 Å². The third kappa shape index (κ3) is 1.17. The minimum Gasteiger partial charge on any atom is -0.249 e. The molecular weight excluding hydrogens is 256 g/mol. The maximum absolute atomic E-state index is 5.00. The normalized spacial score (nSPS) is 40.8. The van der Waals surface area contributed by atoms with Crippen molar-refractivity contribution in [1.82, 2.24) is 9.97 Å². The lowest BCUT2D eigenvalue weighted by atomic mass is 9.59. The van der Waals surface area contributed by atoms with E-state index in [0.29, 0.717) is 11.8 Å². The molecule has 2 aromatic rings. The van der Waals surface area contributed by atoms with Crippen molar-refractivity contribution in [3.8, 4) is 0 Å². The molecule has 1 heterocycles. The van der Waals surface area contributed by atoms with Gasteiger partial charge in [0.25, 0.3) is 0 Å². The van der Waals surface area contributed by atoms with Crippen molar-refractivity contribution in [3.63, 3.8) is 0 Å². The third-order valence-corrected chi connectivity index (χ3v) is 6.20. The van der Waals surface area contributed by atoms with Gasteiger partial charge >= 0.3 is 0 Å². The van der Waals surface area contributed by atoms with E-state index in [-0.39, 0.29) is 0 Å². The fourth-order valence-corrected chi connectivity index (χ4v) is 5.47. The highest BCUT2D eigenvalue weighted by Crippen LogP contribution is 2.63. The predicted molar refractivity (Wildman–Crippen MR) is 81.9 cm³/mol. The molecule has 21 heavy (non-hydrogen) atoms. The number of allylic oxidation sites excluding steroid dienone is 4. The van der Waals surface area contributed by atoms with Crippen LogP contribution in [0, 0.1) is 23.7 Å². The molecule has 0 unspecified atom stereocenters. The van der Waals surface area contributed by atoms with Crippen LogP contribution < -0.4 is 0 Å². The molecule has 5 aliphatic carbocycles. The first kappa shape index (κ1) is 10.7. The molecule has 0 radical (unpaired) electrons. The van der Waals surface area contributed by atoms with Gasteiger partial charge in [0.05, 0.1) is 22.4 Å². The molecule has 0 aliphatic heterocycles. The first-order valence-electron chi connectivity index (χ1n) is 8.03. The van der Waals surface area contributed by atoms with E-state index >= 15 is 0 Å². The van der Waals surface area contributed by atoms with Crippen LogP contribution in [-0.4, -0.2) is 9.97 Å². The lowest BCUT2D eigenvalue weighted by molar-refractivity contribution is 0.220. The van der Waals surface area contributed by atoms with Crippen molar-refractivity contribution in [3.05, 3.63) is 60.0 Å². The fraction of sp³-hybridized carbons (Fsp3) is 0.368. The summed E-state index contributed by atoms with van der Waals surface area (Å²) in [6.45, 7) is 0. The van der Waals surface area contributed by atoms with Gasteiger partial charge in [-0.2, -0.15) is 0 Å². The SMILES string of the molecule is C1=C[C@H]2C[C@@H]1[C@H]1[C@@H]2[C@@H]2C=C[C@H]1c1nc3ccccc3nc12. The summed E-state index contributed by atoms with van der Waals surface area (Å²) >= 11 is 0. The molecule has 4 bridgehead atoms. The third-order valence-electron chi connectivity index (χ3n) is 6.20. The Morgan fingerprint density at radius 2 is 1.24 bits per heavy atom. The van der Waals surface area contributed by atoms with Crippen LogP contribution in [0.3, 0.4) is 0 Å². The summed E-state index contributed by atoms with van der Waals surface area (Å²) in [6, 6.07) is 8.30. The van der Waals surface area contributed by atoms with E-state index in [9.17, 15) is 0 Å². The quantitative estimate of drug-likeness (QED) is 0.681. The Bertz CT molecular complexity index is 768. The van der Waals surface area contributed by atoms with E-state index in [1.165, 1.54) is 17.8 Å². The number of fused-ring (bicyclic) bond motifs is 3. The molecule has 5 aliphatic rings. The van der Waals surface area contributed by atoms with Gasteiger partial charge in [-0.3, -0.25) is 0 Å². The summed E-state index contributed by atoms with van der Waals surface area (Å²) in [5.41, 5.74) is 4.63. The fourth-order valence-electron chi connectivity index (χ4n) is 5.47. The standard InChI is InChI=1S/C19H16N2/c1-2-4-15-14(3-1)20-18-12-7-8-13(19(18)21-15)17-11-6-5-10(9-11)16(12)17/h1-8,10-13,16-17H,9H2/t10-,11+,12-,13+,16-,17+. The molecule has 0 N–H and O–H groups in total. The molecule has 102 valence electrons. The first-order valence-corrected chi connectivity index (χ1v) is 8.03. The Hall–Kier alpha value is -1.96. The minimum atomic E-state index is 0.493. The molecule has 2 nitrogen and oxygen atoms in total. The van der Waals surface area contributed by atoms with E-state index in [0.717, 1.165) is 34.7 Å². The Balaban J connectivity index is 1.63. The molecule has 2 heteroatoms. The number of hydrogen-bond donors (Lipinski definition) is 0. The van der Waals surface area contributed by atoms with E-state index in [1.807, 2.05) is 0 Å². The summed E-state index contributed by atoms with van der Waals surface area (Å²) in [6.07, 6.45) is 11.1. The highest BCUT2D eigenvalue weighted by atomic mass is 14.9. The van der Waals surface area contributed by atoms with E-state index in [4.69, 9.17) is 9.97 Å². The number of nitrogens with zero attached hydrogens (tertiary/aromatic N) is 2. The largest absolute Gasteiger partial charge is 0.249 e. The van der Waals surface area contributed by atoms with Crippen LogP contribution in [0.1, 0.15) is 29.6 Å². The van der Waals surface area contributed by atoms with Crippen LogP contribution in [0.2, 0.25) is 0 Å². The highest BCUT2D eigenvalue weighted by molar-refractivity contribution is 5.75. The van der Waals surface area contributed by atoms with Crippen LogP contribution >= 0.6 is 0 Å². The van der Waals surface area contributed by atoms with Crippen molar-refractivity contribution in [2.24, 2.45) is 23.7 Å². The number of aromatic nitrogens is 2. The van der Waals surface area contributed by atoms with Gasteiger partial charge in [-0.1, -0.05) is 36.4 Å². The topological polar surface area (TPSA) is 25.8 Å². The van der Waals surface area contributed by atoms with Crippen molar-refractivity contribution in [1.29, 1.82) is 0 Å². The zero-order chi connectivity index (χ0) is 13.6. The molecule has 7 rings (SSSR count). The Morgan fingerprint density at radius 3 is 1.76 bits per heavy atom. The van der Waals surface area contributed by atoms with Crippen LogP contribution in [0.5, 0.6) is 0 Å². The molecule has 0 amide bonds. The average molecular weight is 272 g/mol. The molecule has 0 spiro atoms. The number of benzene rings is 1. The van der Waals surface area contributed by atoms with Gasteiger partial charge in [-0.15, -0.1) is 0 Å². The lowest BCUT2D eigenvalue weighted by Crippen LogP contribution is -2.38. The molecule has 0 saturated heterocycles. The number of hydrogen-bond acceptors (Lipinski definition) is 2. The van der Waals surface area contributed by atoms with Crippen LogP contribution in [-0.2, 0) is 0 Å². The van der Waals surface area contributed by atoms with Crippen molar-refractivity contribution < 1.29 is 0 Å². The Morgan fingerprint density at radius 1 is 0.714 bits per heavy atom. The smallest absolute Gasteiger partial charge is 0.0890 e. The second-order valence-electron chi connectivity index (χ2n) is 7.02. The van der Waals surface area contributed by atoms with Gasteiger partial charge < -0.3 is 0 Å². The number of rotatable bonds is 0. The maximum Gasteiger partial charge on any atom is 0.0890 e. The summed E-state index contributed by atoms with van der Waals surface area (Å²) in [5.74, 6) is 4.09. The second kappa shape index (κ2) is 3.44. The van der Waals surface area contributed by atoms with Gasteiger partial charge in [-0.05, 0) is 42.2 Å². The average Bonchev–Trinajstić information content (AvgIpc) is 3.16. The van der Waals surface area contributed by atoms with Crippen LogP contribution in [0.25, 0.3) is 11.0 Å². The van der Waals surface area contributed by atoms with Crippen molar-refractivity contribution in [2.75, 3.05) is 0 Å². The molecule has 1 fully saturated rings. The van der Waals surface area contributed by atoms with E-state index in [1.54, 1.807) is 0 Å². The van der Waals surface area contributed by atoms with Crippen molar-refractivity contribution in [2.45, 2.75) is 18.3 Å². The Labute approximate surface area is 123 Å². The van der Waals surface area contributed by atoms with Gasteiger partial charge in [-0.25, -0.2) is 9.97 Å². The van der Waals surface area contributed by atoms with Crippen molar-refractivity contribution >= 4 is 11.0 Å². The zero-order valence-corrected chi connectivity index (χ0v) is 11.7. The number of para-hydroxylation sites is 2. The monoisotopic (exact) mass is 272 g/mol. The van der Waals surface area contributed by atoms with Gasteiger partial charge in [0.1, 0.15) is 0 Å². The highest BCUT2D eigenvalue weighted by Gasteiger charge is 2.56. The minimum absolute atomic E-state index is 0.493.